The Hall–Kier alpha value is -3.32. The molecule has 3 rings (SSSR count). The molecule has 0 unspecified atom stereocenters. The molecule has 7 heteroatoms. The highest BCUT2D eigenvalue weighted by Crippen LogP contribution is 2.22. The van der Waals surface area contributed by atoms with Gasteiger partial charge in [-0.2, -0.15) is 0 Å². The maximum Gasteiger partial charge on any atom is 0.261 e. The quantitative estimate of drug-likeness (QED) is 0.490. The van der Waals surface area contributed by atoms with Gasteiger partial charge in [-0.25, -0.2) is 8.42 Å². The molecule has 3 aromatic carbocycles. The predicted octanol–water partition coefficient (Wildman–Crippen LogP) is 4.76. The summed E-state index contributed by atoms with van der Waals surface area (Å²) < 4.78 is 34.0. The zero-order chi connectivity index (χ0) is 23.1. The number of anilines is 1. The standard InChI is InChI=1S/C25H28N2O4S/c1-18(2)16-26-25(28)24-15-23(14-9-19(24)3)32(29,30)27-21-10-12-22(13-11-21)31-17-20-7-5-4-6-8-20/h4-15,18,27H,16-17H2,1-3H3,(H,26,28). The Morgan fingerprint density at radius 2 is 1.66 bits per heavy atom. The van der Waals surface area contributed by atoms with E-state index in [4.69, 9.17) is 4.74 Å². The lowest BCUT2D eigenvalue weighted by Gasteiger charge is -2.13. The number of benzene rings is 3. The van der Waals surface area contributed by atoms with Gasteiger partial charge >= 0.3 is 0 Å². The second kappa shape index (κ2) is 10.3. The summed E-state index contributed by atoms with van der Waals surface area (Å²) >= 11 is 0. The third-order valence-electron chi connectivity index (χ3n) is 4.79. The fourth-order valence-electron chi connectivity index (χ4n) is 2.98. The minimum atomic E-state index is -3.86. The average molecular weight is 453 g/mol. The minimum absolute atomic E-state index is 0.0298. The van der Waals surface area contributed by atoms with Crippen LogP contribution in [0.3, 0.4) is 0 Å². The van der Waals surface area contributed by atoms with Crippen LogP contribution in [0.5, 0.6) is 5.75 Å². The molecule has 0 heterocycles. The van der Waals surface area contributed by atoms with Crippen molar-refractivity contribution in [3.8, 4) is 5.75 Å². The predicted molar refractivity (Wildman–Crippen MR) is 126 cm³/mol. The molecule has 0 aliphatic carbocycles. The largest absolute Gasteiger partial charge is 0.489 e. The van der Waals surface area contributed by atoms with Gasteiger partial charge in [-0.15, -0.1) is 0 Å². The van der Waals surface area contributed by atoms with Crippen molar-refractivity contribution < 1.29 is 17.9 Å². The van der Waals surface area contributed by atoms with Gasteiger partial charge in [0.05, 0.1) is 4.90 Å². The second-order valence-electron chi connectivity index (χ2n) is 7.98. The van der Waals surface area contributed by atoms with E-state index in [1.54, 1.807) is 37.3 Å². The van der Waals surface area contributed by atoms with Crippen LogP contribution in [0.1, 0.15) is 35.3 Å². The van der Waals surface area contributed by atoms with Crippen LogP contribution in [0.25, 0.3) is 0 Å². The first-order valence-corrected chi connectivity index (χ1v) is 11.9. The third kappa shape index (κ3) is 6.34. The van der Waals surface area contributed by atoms with E-state index in [-0.39, 0.29) is 10.8 Å². The van der Waals surface area contributed by atoms with Gasteiger partial charge in [-0.1, -0.05) is 50.2 Å². The fraction of sp³-hybridized carbons (Fsp3) is 0.240. The number of carbonyl (C=O) groups excluding carboxylic acids is 1. The van der Waals surface area contributed by atoms with Crippen molar-refractivity contribution in [1.82, 2.24) is 5.32 Å². The van der Waals surface area contributed by atoms with Gasteiger partial charge in [0.2, 0.25) is 0 Å². The second-order valence-corrected chi connectivity index (χ2v) is 9.67. The lowest BCUT2D eigenvalue weighted by atomic mass is 10.1. The molecule has 0 atom stereocenters. The molecule has 168 valence electrons. The van der Waals surface area contributed by atoms with Gasteiger partial charge in [0, 0.05) is 17.8 Å². The highest BCUT2D eigenvalue weighted by molar-refractivity contribution is 7.92. The SMILES string of the molecule is Cc1ccc(S(=O)(=O)Nc2ccc(OCc3ccccc3)cc2)cc1C(=O)NCC(C)C. The van der Waals surface area contributed by atoms with E-state index in [9.17, 15) is 13.2 Å². The van der Waals surface area contributed by atoms with Crippen LogP contribution in [0, 0.1) is 12.8 Å². The van der Waals surface area contributed by atoms with Gasteiger partial charge in [0.15, 0.2) is 0 Å². The van der Waals surface area contributed by atoms with Crippen molar-refractivity contribution >= 4 is 21.6 Å². The molecule has 0 saturated carbocycles. The number of hydrogen-bond acceptors (Lipinski definition) is 4. The van der Waals surface area contributed by atoms with E-state index in [1.807, 2.05) is 44.2 Å². The fourth-order valence-corrected chi connectivity index (χ4v) is 4.06. The number of sulfonamides is 1. The molecule has 0 radical (unpaired) electrons. The van der Waals surface area contributed by atoms with Crippen LogP contribution in [-0.2, 0) is 16.6 Å². The molecule has 0 aliphatic rings. The van der Waals surface area contributed by atoms with E-state index in [2.05, 4.69) is 10.0 Å². The molecule has 2 N–H and O–H groups in total. The third-order valence-corrected chi connectivity index (χ3v) is 6.17. The highest BCUT2D eigenvalue weighted by Gasteiger charge is 2.18. The Bertz CT molecular complexity index is 1160. The zero-order valence-corrected chi connectivity index (χ0v) is 19.3. The van der Waals surface area contributed by atoms with Crippen LogP contribution in [-0.4, -0.2) is 20.9 Å². The summed E-state index contributed by atoms with van der Waals surface area (Å²) in [6.07, 6.45) is 0. The summed E-state index contributed by atoms with van der Waals surface area (Å²) in [5.41, 5.74) is 2.51. The highest BCUT2D eigenvalue weighted by atomic mass is 32.2. The molecule has 3 aromatic rings. The summed E-state index contributed by atoms with van der Waals surface area (Å²) in [6.45, 7) is 6.72. The van der Waals surface area contributed by atoms with Gasteiger partial charge in [-0.05, 0) is 60.4 Å². The molecule has 0 bridgehead atoms. The van der Waals surface area contributed by atoms with Crippen molar-refractivity contribution in [3.05, 3.63) is 89.5 Å². The molecular weight excluding hydrogens is 424 g/mol. The Morgan fingerprint density at radius 1 is 0.969 bits per heavy atom. The van der Waals surface area contributed by atoms with Crippen molar-refractivity contribution in [1.29, 1.82) is 0 Å². The summed E-state index contributed by atoms with van der Waals surface area (Å²) in [6, 6.07) is 21.0. The van der Waals surface area contributed by atoms with Crippen molar-refractivity contribution in [2.45, 2.75) is 32.3 Å². The Kier molecular flexibility index (Phi) is 7.53. The zero-order valence-electron chi connectivity index (χ0n) is 18.5. The van der Waals surface area contributed by atoms with Gasteiger partial charge in [0.1, 0.15) is 12.4 Å². The van der Waals surface area contributed by atoms with E-state index < -0.39 is 10.0 Å². The smallest absolute Gasteiger partial charge is 0.261 e. The lowest BCUT2D eigenvalue weighted by molar-refractivity contribution is 0.0948. The number of hydrogen-bond donors (Lipinski definition) is 2. The number of rotatable bonds is 9. The van der Waals surface area contributed by atoms with Gasteiger partial charge in [-0.3, -0.25) is 9.52 Å². The molecule has 0 saturated heterocycles. The molecule has 0 aromatic heterocycles. The average Bonchev–Trinajstić information content (AvgIpc) is 2.77. The monoisotopic (exact) mass is 452 g/mol. The first-order chi connectivity index (χ1) is 15.2. The first kappa shape index (κ1) is 23.3. The Balaban J connectivity index is 1.69. The number of ether oxygens (including phenoxy) is 1. The maximum absolute atomic E-state index is 12.9. The van der Waals surface area contributed by atoms with Crippen LogP contribution >= 0.6 is 0 Å². The number of nitrogens with one attached hydrogen (secondary N) is 2. The molecule has 1 amide bonds. The Labute approximate surface area is 189 Å². The summed E-state index contributed by atoms with van der Waals surface area (Å²) in [5, 5.41) is 2.83. The molecule has 0 aliphatic heterocycles. The van der Waals surface area contributed by atoms with Crippen molar-refractivity contribution in [2.75, 3.05) is 11.3 Å². The molecule has 0 fully saturated rings. The van der Waals surface area contributed by atoms with E-state index in [0.717, 1.165) is 5.56 Å². The summed E-state index contributed by atoms with van der Waals surface area (Å²) in [7, 11) is -3.86. The maximum atomic E-state index is 12.9. The molecule has 6 nitrogen and oxygen atoms in total. The number of aryl methyl sites for hydroxylation is 1. The van der Waals surface area contributed by atoms with E-state index in [1.165, 1.54) is 12.1 Å². The molecule has 0 spiro atoms. The first-order valence-electron chi connectivity index (χ1n) is 10.4. The van der Waals surface area contributed by atoms with Crippen LogP contribution in [0.4, 0.5) is 5.69 Å². The summed E-state index contributed by atoms with van der Waals surface area (Å²) in [5.74, 6) is 0.650. The molecule has 32 heavy (non-hydrogen) atoms. The number of amides is 1. The van der Waals surface area contributed by atoms with Crippen LogP contribution in [0.2, 0.25) is 0 Å². The normalized spacial score (nSPS) is 11.2. The van der Waals surface area contributed by atoms with E-state index in [0.29, 0.717) is 41.6 Å². The van der Waals surface area contributed by atoms with E-state index >= 15 is 0 Å². The van der Waals surface area contributed by atoms with Crippen molar-refractivity contribution in [2.24, 2.45) is 5.92 Å². The van der Waals surface area contributed by atoms with Gasteiger partial charge < -0.3 is 10.1 Å². The van der Waals surface area contributed by atoms with Crippen LogP contribution in [0.15, 0.2) is 77.7 Å². The number of carbonyl (C=O) groups is 1. The minimum Gasteiger partial charge on any atom is -0.489 e. The van der Waals surface area contributed by atoms with Crippen molar-refractivity contribution in [3.63, 3.8) is 0 Å². The van der Waals surface area contributed by atoms with Gasteiger partial charge in [0.25, 0.3) is 15.9 Å². The summed E-state index contributed by atoms with van der Waals surface area (Å²) in [4.78, 5) is 12.5. The lowest BCUT2D eigenvalue weighted by Crippen LogP contribution is -2.28. The topological polar surface area (TPSA) is 84.5 Å². The van der Waals surface area contributed by atoms with Crippen LogP contribution < -0.4 is 14.8 Å². The Morgan fingerprint density at radius 3 is 2.31 bits per heavy atom. The molecular formula is C25H28N2O4S.